The van der Waals surface area contributed by atoms with Crippen molar-refractivity contribution in [3.05, 3.63) is 26.5 Å². The molecular formula is C9H6BrNOS2. The molecule has 0 radical (unpaired) electrons. The van der Waals surface area contributed by atoms with Crippen LogP contribution in [0.3, 0.4) is 0 Å². The van der Waals surface area contributed by atoms with Crippen molar-refractivity contribution in [2.24, 2.45) is 0 Å². The number of thiophene rings is 1. The third kappa shape index (κ3) is 1.80. The van der Waals surface area contributed by atoms with Gasteiger partial charge in [-0.05, 0) is 35.0 Å². The zero-order valence-electron chi connectivity index (χ0n) is 7.28. The van der Waals surface area contributed by atoms with E-state index in [1.54, 1.807) is 11.3 Å². The molecule has 5 heteroatoms. The number of hydrogen-bond donors (Lipinski definition) is 0. The van der Waals surface area contributed by atoms with Gasteiger partial charge in [-0.15, -0.1) is 22.7 Å². The molecule has 2 aromatic heterocycles. The summed E-state index contributed by atoms with van der Waals surface area (Å²) in [6.07, 6.45) is 0.860. The van der Waals surface area contributed by atoms with Gasteiger partial charge in [-0.2, -0.15) is 0 Å². The van der Waals surface area contributed by atoms with Gasteiger partial charge >= 0.3 is 0 Å². The highest BCUT2D eigenvalue weighted by Gasteiger charge is 2.09. The number of aldehydes is 1. The van der Waals surface area contributed by atoms with Crippen molar-refractivity contribution in [1.82, 2.24) is 4.98 Å². The largest absolute Gasteiger partial charge is 0.297 e. The van der Waals surface area contributed by atoms with Crippen LogP contribution < -0.4 is 0 Å². The van der Waals surface area contributed by atoms with Crippen molar-refractivity contribution in [3.63, 3.8) is 0 Å². The van der Waals surface area contributed by atoms with Crippen LogP contribution in [-0.4, -0.2) is 11.3 Å². The maximum Gasteiger partial charge on any atom is 0.161 e. The van der Waals surface area contributed by atoms with Gasteiger partial charge in [-0.3, -0.25) is 4.79 Å². The van der Waals surface area contributed by atoms with Crippen molar-refractivity contribution < 1.29 is 4.79 Å². The van der Waals surface area contributed by atoms with Crippen LogP contribution in [0.2, 0.25) is 0 Å². The van der Waals surface area contributed by atoms with Crippen LogP contribution in [0.4, 0.5) is 0 Å². The minimum absolute atomic E-state index is 0.713. The molecule has 0 saturated heterocycles. The van der Waals surface area contributed by atoms with Gasteiger partial charge in [0, 0.05) is 0 Å². The van der Waals surface area contributed by atoms with Crippen LogP contribution in [-0.2, 0) is 0 Å². The Morgan fingerprint density at radius 2 is 2.21 bits per heavy atom. The first kappa shape index (κ1) is 10.0. The molecule has 0 spiro atoms. The molecule has 0 amide bonds. The van der Waals surface area contributed by atoms with Gasteiger partial charge in [0.05, 0.1) is 19.2 Å². The van der Waals surface area contributed by atoms with Crippen molar-refractivity contribution >= 4 is 44.9 Å². The summed E-state index contributed by atoms with van der Waals surface area (Å²) in [6.45, 7) is 1.85. The van der Waals surface area contributed by atoms with E-state index in [4.69, 9.17) is 0 Å². The third-order valence-corrected chi connectivity index (χ3v) is 4.60. The summed E-state index contributed by atoms with van der Waals surface area (Å²) >= 11 is 6.46. The summed E-state index contributed by atoms with van der Waals surface area (Å²) in [4.78, 5) is 16.8. The van der Waals surface area contributed by atoms with E-state index in [0.717, 1.165) is 25.7 Å². The average molecular weight is 288 g/mol. The maximum atomic E-state index is 10.6. The second-order valence-corrected chi connectivity index (χ2v) is 6.18. The van der Waals surface area contributed by atoms with E-state index < -0.39 is 0 Å². The van der Waals surface area contributed by atoms with Gasteiger partial charge in [0.15, 0.2) is 6.29 Å². The topological polar surface area (TPSA) is 30.0 Å². The predicted octanol–water partition coefficient (Wildman–Crippen LogP) is 3.76. The maximum absolute atomic E-state index is 10.6. The fourth-order valence-electron chi connectivity index (χ4n) is 1.05. The Labute approximate surface area is 97.7 Å². The van der Waals surface area contributed by atoms with Crippen molar-refractivity contribution in [2.75, 3.05) is 0 Å². The van der Waals surface area contributed by atoms with E-state index >= 15 is 0 Å². The van der Waals surface area contributed by atoms with E-state index in [1.165, 1.54) is 11.3 Å². The fourth-order valence-corrected chi connectivity index (χ4v) is 3.37. The lowest BCUT2D eigenvalue weighted by molar-refractivity contribution is 0.112. The lowest BCUT2D eigenvalue weighted by Gasteiger charge is -1.85. The molecule has 0 aromatic carbocycles. The number of carbonyl (C=O) groups is 1. The minimum atomic E-state index is 0.713. The summed E-state index contributed by atoms with van der Waals surface area (Å²) in [5, 5.41) is 0.917. The van der Waals surface area contributed by atoms with Gasteiger partial charge < -0.3 is 0 Å². The summed E-state index contributed by atoms with van der Waals surface area (Å²) < 4.78 is 1.08. The molecule has 0 aliphatic rings. The molecule has 0 atom stereocenters. The Kier molecular flexibility index (Phi) is 2.80. The number of aryl methyl sites for hydroxylation is 1. The van der Waals surface area contributed by atoms with Gasteiger partial charge in [-0.25, -0.2) is 4.98 Å². The van der Waals surface area contributed by atoms with Crippen molar-refractivity contribution in [2.45, 2.75) is 6.92 Å². The summed E-state index contributed by atoms with van der Waals surface area (Å²) in [5.74, 6) is 0. The van der Waals surface area contributed by atoms with Gasteiger partial charge in [-0.1, -0.05) is 0 Å². The van der Waals surface area contributed by atoms with Crippen molar-refractivity contribution in [1.29, 1.82) is 0 Å². The van der Waals surface area contributed by atoms with Gasteiger partial charge in [0.25, 0.3) is 0 Å². The molecule has 14 heavy (non-hydrogen) atoms. The molecule has 0 bridgehead atoms. The number of carbonyl (C=O) groups excluding carboxylic acids is 1. The van der Waals surface area contributed by atoms with Gasteiger partial charge in [0.1, 0.15) is 5.01 Å². The zero-order valence-corrected chi connectivity index (χ0v) is 10.5. The summed E-state index contributed by atoms with van der Waals surface area (Å²) in [5.41, 5.74) is 0.810. The first-order valence-electron chi connectivity index (χ1n) is 3.89. The molecule has 0 unspecified atom stereocenters. The lowest BCUT2D eigenvalue weighted by atomic mass is 10.4. The van der Waals surface area contributed by atoms with E-state index in [0.29, 0.717) is 4.88 Å². The average Bonchev–Trinajstić information content (AvgIpc) is 2.71. The highest BCUT2D eigenvalue weighted by molar-refractivity contribution is 9.11. The second kappa shape index (κ2) is 3.92. The van der Waals surface area contributed by atoms with Crippen LogP contribution >= 0.6 is 38.6 Å². The van der Waals surface area contributed by atoms with Crippen LogP contribution in [0.15, 0.2) is 15.9 Å². The van der Waals surface area contributed by atoms with Gasteiger partial charge in [0.2, 0.25) is 0 Å². The van der Waals surface area contributed by atoms with E-state index in [-0.39, 0.29) is 0 Å². The van der Waals surface area contributed by atoms with Crippen LogP contribution in [0.25, 0.3) is 9.88 Å². The molecule has 0 N–H and O–H groups in total. The lowest BCUT2D eigenvalue weighted by Crippen LogP contribution is -1.77. The Hall–Kier alpha value is -0.520. The Bertz CT molecular complexity index is 475. The summed E-state index contributed by atoms with van der Waals surface area (Å²) in [6, 6.07) is 3.99. The number of thiazole rings is 1. The first-order valence-corrected chi connectivity index (χ1v) is 6.31. The number of rotatable bonds is 2. The number of nitrogens with zero attached hydrogens (tertiary/aromatic N) is 1. The second-order valence-electron chi connectivity index (χ2n) is 2.69. The smallest absolute Gasteiger partial charge is 0.161 e. The molecule has 0 fully saturated rings. The molecular weight excluding hydrogens is 282 g/mol. The molecule has 2 aromatic rings. The standard InChI is InChI=1S/C9H6BrNOS2/c1-5-7(4-12)14-9(11-5)6-2-3-8(10)13-6/h2-4H,1H3. The zero-order chi connectivity index (χ0) is 10.1. The SMILES string of the molecule is Cc1nc(-c2ccc(Br)s2)sc1C=O. The summed E-state index contributed by atoms with van der Waals surface area (Å²) in [7, 11) is 0. The van der Waals surface area contributed by atoms with Crippen LogP contribution in [0, 0.1) is 6.92 Å². The molecule has 2 heterocycles. The molecule has 2 nitrogen and oxygen atoms in total. The third-order valence-electron chi connectivity index (χ3n) is 1.72. The molecule has 2 rings (SSSR count). The van der Waals surface area contributed by atoms with E-state index in [1.807, 2.05) is 19.1 Å². The first-order chi connectivity index (χ1) is 6.70. The number of halogens is 1. The predicted molar refractivity (Wildman–Crippen MR) is 63.3 cm³/mol. The quantitative estimate of drug-likeness (QED) is 0.788. The Balaban J connectivity index is 2.47. The molecule has 0 saturated carbocycles. The highest BCUT2D eigenvalue weighted by atomic mass is 79.9. The molecule has 72 valence electrons. The number of hydrogen-bond acceptors (Lipinski definition) is 4. The normalized spacial score (nSPS) is 10.4. The van der Waals surface area contributed by atoms with E-state index in [2.05, 4.69) is 20.9 Å². The molecule has 0 aliphatic heterocycles. The minimum Gasteiger partial charge on any atom is -0.297 e. The highest BCUT2D eigenvalue weighted by Crippen LogP contribution is 2.34. The fraction of sp³-hybridized carbons (Fsp3) is 0.111. The van der Waals surface area contributed by atoms with Crippen molar-refractivity contribution in [3.8, 4) is 9.88 Å². The van der Waals surface area contributed by atoms with Crippen LogP contribution in [0.1, 0.15) is 15.4 Å². The monoisotopic (exact) mass is 287 g/mol. The Morgan fingerprint density at radius 3 is 2.71 bits per heavy atom. The molecule has 0 aliphatic carbocycles. The Morgan fingerprint density at radius 1 is 1.43 bits per heavy atom. The van der Waals surface area contributed by atoms with Crippen LogP contribution in [0.5, 0.6) is 0 Å². The van der Waals surface area contributed by atoms with E-state index in [9.17, 15) is 4.79 Å². The number of aromatic nitrogens is 1.